The number of hydrogen-bond donors (Lipinski definition) is 1. The highest BCUT2D eigenvalue weighted by Crippen LogP contribution is 2.39. The van der Waals surface area contributed by atoms with Crippen molar-refractivity contribution in [1.29, 1.82) is 0 Å². The number of carbonyl (C=O) groups is 1. The zero-order chi connectivity index (χ0) is 19.8. The molecule has 146 valence electrons. The summed E-state index contributed by atoms with van der Waals surface area (Å²) in [6.45, 7) is 8.93. The van der Waals surface area contributed by atoms with Crippen LogP contribution >= 0.6 is 11.6 Å². The van der Waals surface area contributed by atoms with Crippen molar-refractivity contribution in [2.24, 2.45) is 0 Å². The third-order valence-electron chi connectivity index (χ3n) is 3.87. The fourth-order valence-corrected chi connectivity index (χ4v) is 2.86. The van der Waals surface area contributed by atoms with E-state index in [1.165, 1.54) is 0 Å². The Morgan fingerprint density at radius 2 is 1.59 bits per heavy atom. The van der Waals surface area contributed by atoms with Gasteiger partial charge in [-0.3, -0.25) is 4.79 Å². The molecule has 0 radical (unpaired) electrons. The normalized spacial score (nSPS) is 11.6. The molecule has 0 saturated carbocycles. The summed E-state index contributed by atoms with van der Waals surface area (Å²) in [5, 5.41) is 3.61. The lowest BCUT2D eigenvalue weighted by Crippen LogP contribution is -2.26. The third kappa shape index (κ3) is 5.54. The topological polar surface area (TPSA) is 56.8 Å². The van der Waals surface area contributed by atoms with Crippen LogP contribution in [0.1, 0.15) is 49.7 Å². The second-order valence-electron chi connectivity index (χ2n) is 5.85. The molecule has 0 unspecified atom stereocenters. The lowest BCUT2D eigenvalue weighted by atomic mass is 10.1. The van der Waals surface area contributed by atoms with Gasteiger partial charge in [0, 0.05) is 10.6 Å². The van der Waals surface area contributed by atoms with Gasteiger partial charge in [0.05, 0.1) is 25.9 Å². The second-order valence-corrected chi connectivity index (χ2v) is 6.29. The zero-order valence-electron chi connectivity index (χ0n) is 16.2. The van der Waals surface area contributed by atoms with E-state index in [0.29, 0.717) is 47.7 Å². The number of amides is 1. The van der Waals surface area contributed by atoms with E-state index in [9.17, 15) is 4.79 Å². The molecule has 2 aromatic carbocycles. The summed E-state index contributed by atoms with van der Waals surface area (Å²) in [5.74, 6) is 1.27. The molecular formula is C21H26ClNO4. The van der Waals surface area contributed by atoms with Crippen molar-refractivity contribution in [2.75, 3.05) is 19.8 Å². The molecule has 0 aliphatic carbocycles. The SMILES string of the molecule is CCOc1cc(C(=O)N[C@H](C)c2cccc(Cl)c2)cc(OCC)c1OCC. The molecule has 0 aromatic heterocycles. The zero-order valence-corrected chi connectivity index (χ0v) is 16.9. The third-order valence-corrected chi connectivity index (χ3v) is 4.10. The maximum absolute atomic E-state index is 12.8. The van der Waals surface area contributed by atoms with E-state index in [4.69, 9.17) is 25.8 Å². The summed E-state index contributed by atoms with van der Waals surface area (Å²) < 4.78 is 17.0. The summed E-state index contributed by atoms with van der Waals surface area (Å²) in [6.07, 6.45) is 0. The van der Waals surface area contributed by atoms with Gasteiger partial charge in [-0.25, -0.2) is 0 Å². The van der Waals surface area contributed by atoms with E-state index in [-0.39, 0.29) is 11.9 Å². The van der Waals surface area contributed by atoms with E-state index < -0.39 is 0 Å². The molecule has 0 saturated heterocycles. The van der Waals surface area contributed by atoms with E-state index >= 15 is 0 Å². The molecule has 1 amide bonds. The van der Waals surface area contributed by atoms with Crippen molar-refractivity contribution in [3.8, 4) is 17.2 Å². The van der Waals surface area contributed by atoms with E-state index in [1.54, 1.807) is 18.2 Å². The van der Waals surface area contributed by atoms with E-state index in [1.807, 2.05) is 45.9 Å². The monoisotopic (exact) mass is 391 g/mol. The molecule has 6 heteroatoms. The summed E-state index contributed by atoms with van der Waals surface area (Å²) >= 11 is 6.04. The van der Waals surface area contributed by atoms with Crippen LogP contribution in [-0.4, -0.2) is 25.7 Å². The molecule has 0 aliphatic heterocycles. The van der Waals surface area contributed by atoms with Crippen molar-refractivity contribution in [1.82, 2.24) is 5.32 Å². The Balaban J connectivity index is 2.31. The average molecular weight is 392 g/mol. The number of rotatable bonds is 9. The lowest BCUT2D eigenvalue weighted by molar-refractivity contribution is 0.0938. The minimum absolute atomic E-state index is 0.200. The Hall–Kier alpha value is -2.40. The van der Waals surface area contributed by atoms with Gasteiger partial charge < -0.3 is 19.5 Å². The van der Waals surface area contributed by atoms with Gasteiger partial charge in [0.25, 0.3) is 5.91 Å². The van der Waals surface area contributed by atoms with Gasteiger partial charge >= 0.3 is 0 Å². The predicted octanol–water partition coefficient (Wildman–Crippen LogP) is 5.03. The quantitative estimate of drug-likeness (QED) is 0.651. The first-order valence-corrected chi connectivity index (χ1v) is 9.50. The van der Waals surface area contributed by atoms with Crippen LogP contribution in [0.3, 0.4) is 0 Å². The fourth-order valence-electron chi connectivity index (χ4n) is 2.66. The first-order valence-electron chi connectivity index (χ1n) is 9.12. The Morgan fingerprint density at radius 3 is 2.11 bits per heavy atom. The Morgan fingerprint density at radius 1 is 1.00 bits per heavy atom. The Kier molecular flexibility index (Phi) is 7.80. The Bertz CT molecular complexity index is 752. The molecule has 1 atom stereocenters. The molecule has 0 aliphatic rings. The predicted molar refractivity (Wildman–Crippen MR) is 107 cm³/mol. The largest absolute Gasteiger partial charge is 0.490 e. The smallest absolute Gasteiger partial charge is 0.252 e. The molecule has 2 aromatic rings. The number of carbonyl (C=O) groups excluding carboxylic acids is 1. The van der Waals surface area contributed by atoms with Crippen LogP contribution in [0.15, 0.2) is 36.4 Å². The van der Waals surface area contributed by atoms with Crippen LogP contribution in [0, 0.1) is 0 Å². The van der Waals surface area contributed by atoms with E-state index in [2.05, 4.69) is 5.32 Å². The number of ether oxygens (including phenoxy) is 3. The average Bonchev–Trinajstić information content (AvgIpc) is 2.64. The van der Waals surface area contributed by atoms with Crippen LogP contribution < -0.4 is 19.5 Å². The maximum Gasteiger partial charge on any atom is 0.252 e. The first kappa shape index (κ1) is 20.9. The molecular weight excluding hydrogens is 366 g/mol. The van der Waals surface area contributed by atoms with Gasteiger partial charge in [0.2, 0.25) is 5.75 Å². The summed E-state index contributed by atoms with van der Waals surface area (Å²) in [6, 6.07) is 10.6. The first-order chi connectivity index (χ1) is 13.0. The van der Waals surface area contributed by atoms with Gasteiger partial charge in [-0.1, -0.05) is 23.7 Å². The van der Waals surface area contributed by atoms with Crippen LogP contribution in [0.4, 0.5) is 0 Å². The number of nitrogens with one attached hydrogen (secondary N) is 1. The lowest BCUT2D eigenvalue weighted by Gasteiger charge is -2.18. The van der Waals surface area contributed by atoms with Crippen molar-refractivity contribution in [3.05, 3.63) is 52.5 Å². The van der Waals surface area contributed by atoms with Gasteiger partial charge in [-0.05, 0) is 57.5 Å². The van der Waals surface area contributed by atoms with Gasteiger partial charge in [-0.15, -0.1) is 0 Å². The van der Waals surface area contributed by atoms with Crippen LogP contribution in [0.25, 0.3) is 0 Å². The molecule has 0 heterocycles. The highest BCUT2D eigenvalue weighted by atomic mass is 35.5. The van der Waals surface area contributed by atoms with Gasteiger partial charge in [0.15, 0.2) is 11.5 Å². The minimum Gasteiger partial charge on any atom is -0.490 e. The molecule has 0 bridgehead atoms. The van der Waals surface area contributed by atoms with Gasteiger partial charge in [-0.2, -0.15) is 0 Å². The Labute approximate surface area is 165 Å². The van der Waals surface area contributed by atoms with Crippen LogP contribution in [0.2, 0.25) is 5.02 Å². The van der Waals surface area contributed by atoms with Crippen LogP contribution in [0.5, 0.6) is 17.2 Å². The second kappa shape index (κ2) is 10.1. The standard InChI is InChI=1S/C21H26ClNO4/c1-5-25-18-12-16(13-19(26-6-2)20(18)27-7-3)21(24)23-14(4)15-9-8-10-17(22)11-15/h8-14H,5-7H2,1-4H3,(H,23,24)/t14-/m1/s1. The van der Waals surface area contributed by atoms with Gasteiger partial charge in [0.1, 0.15) is 0 Å². The molecule has 0 spiro atoms. The summed E-state index contributed by atoms with van der Waals surface area (Å²) in [4.78, 5) is 12.8. The van der Waals surface area contributed by atoms with Crippen molar-refractivity contribution >= 4 is 17.5 Å². The molecule has 27 heavy (non-hydrogen) atoms. The summed E-state index contributed by atoms with van der Waals surface area (Å²) in [5.41, 5.74) is 1.37. The van der Waals surface area contributed by atoms with Crippen molar-refractivity contribution < 1.29 is 19.0 Å². The molecule has 0 fully saturated rings. The number of hydrogen-bond acceptors (Lipinski definition) is 4. The number of halogens is 1. The highest BCUT2D eigenvalue weighted by molar-refractivity contribution is 6.30. The van der Waals surface area contributed by atoms with Crippen molar-refractivity contribution in [3.63, 3.8) is 0 Å². The van der Waals surface area contributed by atoms with Crippen LogP contribution in [-0.2, 0) is 0 Å². The van der Waals surface area contributed by atoms with Crippen molar-refractivity contribution in [2.45, 2.75) is 33.7 Å². The maximum atomic E-state index is 12.8. The minimum atomic E-state index is -0.229. The molecule has 2 rings (SSSR count). The highest BCUT2D eigenvalue weighted by Gasteiger charge is 2.19. The molecule has 1 N–H and O–H groups in total. The molecule has 5 nitrogen and oxygen atoms in total. The number of benzene rings is 2. The van der Waals surface area contributed by atoms with E-state index in [0.717, 1.165) is 5.56 Å². The fraction of sp³-hybridized carbons (Fsp3) is 0.381. The summed E-state index contributed by atoms with van der Waals surface area (Å²) in [7, 11) is 0.